The average Bonchev–Trinajstić information content (AvgIpc) is 2.44. The van der Waals surface area contributed by atoms with Crippen molar-refractivity contribution in [3.05, 3.63) is 35.6 Å². The summed E-state index contributed by atoms with van der Waals surface area (Å²) in [4.78, 5) is 22.9. The smallest absolute Gasteiger partial charge is 0.251 e. The number of nitrogens with one attached hydrogen (secondary N) is 2. The van der Waals surface area contributed by atoms with Crippen molar-refractivity contribution in [2.45, 2.75) is 19.3 Å². The summed E-state index contributed by atoms with van der Waals surface area (Å²) in [6, 6.07) is 5.51. The molecule has 1 aromatic rings. The lowest BCUT2D eigenvalue weighted by molar-refractivity contribution is -0.121. The first kappa shape index (κ1) is 19.3. The monoisotopic (exact) mass is 317 g/mol. The summed E-state index contributed by atoms with van der Waals surface area (Å²) in [5.41, 5.74) is 5.59. The molecule has 0 radical (unpaired) electrons. The van der Waals surface area contributed by atoms with Crippen molar-refractivity contribution in [3.63, 3.8) is 0 Å². The van der Waals surface area contributed by atoms with E-state index in [1.165, 1.54) is 18.2 Å². The zero-order valence-corrected chi connectivity index (χ0v) is 12.5. The van der Waals surface area contributed by atoms with Gasteiger partial charge >= 0.3 is 0 Å². The maximum atomic E-state index is 12.9. The fraction of sp³-hybridized carbons (Fsp3) is 0.429. The van der Waals surface area contributed by atoms with Gasteiger partial charge in [0, 0.05) is 25.1 Å². The number of rotatable bonds is 8. The fourth-order valence-electron chi connectivity index (χ4n) is 1.60. The van der Waals surface area contributed by atoms with E-state index >= 15 is 0 Å². The van der Waals surface area contributed by atoms with Gasteiger partial charge in [-0.15, -0.1) is 12.4 Å². The van der Waals surface area contributed by atoms with Gasteiger partial charge in [0.2, 0.25) is 5.91 Å². The molecule has 0 aromatic heterocycles. The summed E-state index contributed by atoms with van der Waals surface area (Å²) < 4.78 is 12.9. The molecule has 0 atom stereocenters. The largest absolute Gasteiger partial charge is 0.356 e. The second-order valence-corrected chi connectivity index (χ2v) is 4.36. The zero-order valence-electron chi connectivity index (χ0n) is 11.7. The molecule has 0 aliphatic carbocycles. The van der Waals surface area contributed by atoms with Crippen molar-refractivity contribution in [2.24, 2.45) is 5.73 Å². The van der Waals surface area contributed by atoms with Gasteiger partial charge in [0.05, 0.1) is 0 Å². The van der Waals surface area contributed by atoms with Crippen molar-refractivity contribution in [1.29, 1.82) is 0 Å². The van der Waals surface area contributed by atoms with Crippen LogP contribution in [0.1, 0.15) is 29.6 Å². The Bertz CT molecular complexity index is 458. The third-order valence-corrected chi connectivity index (χ3v) is 2.66. The molecule has 2 amide bonds. The molecule has 0 bridgehead atoms. The van der Waals surface area contributed by atoms with Crippen LogP contribution in [-0.2, 0) is 4.79 Å². The Balaban J connectivity index is 0.00000400. The first-order chi connectivity index (χ1) is 9.63. The fourth-order valence-corrected chi connectivity index (χ4v) is 1.60. The Morgan fingerprint density at radius 3 is 2.52 bits per heavy atom. The lowest BCUT2D eigenvalue weighted by atomic mass is 10.2. The average molecular weight is 318 g/mol. The second-order valence-electron chi connectivity index (χ2n) is 4.36. The van der Waals surface area contributed by atoms with E-state index in [1.807, 2.05) is 0 Å². The molecule has 0 unspecified atom stereocenters. The van der Waals surface area contributed by atoms with Crippen molar-refractivity contribution in [1.82, 2.24) is 10.6 Å². The number of hydrogen-bond acceptors (Lipinski definition) is 3. The number of amides is 2. The van der Waals surface area contributed by atoms with Gasteiger partial charge in [-0.2, -0.15) is 0 Å². The topological polar surface area (TPSA) is 84.2 Å². The minimum absolute atomic E-state index is 0. The molecule has 0 saturated heterocycles. The predicted octanol–water partition coefficient (Wildman–Crippen LogP) is 1.22. The lowest BCUT2D eigenvalue weighted by Crippen LogP contribution is -2.30. The van der Waals surface area contributed by atoms with Gasteiger partial charge in [-0.25, -0.2) is 4.39 Å². The van der Waals surface area contributed by atoms with Gasteiger partial charge in [0.1, 0.15) is 5.82 Å². The van der Waals surface area contributed by atoms with E-state index in [1.54, 1.807) is 6.07 Å². The van der Waals surface area contributed by atoms with E-state index in [4.69, 9.17) is 5.73 Å². The van der Waals surface area contributed by atoms with Crippen LogP contribution in [0.4, 0.5) is 4.39 Å². The van der Waals surface area contributed by atoms with Crippen LogP contribution in [-0.4, -0.2) is 31.4 Å². The minimum Gasteiger partial charge on any atom is -0.356 e. The highest BCUT2D eigenvalue weighted by Crippen LogP contribution is 2.02. The van der Waals surface area contributed by atoms with Gasteiger partial charge in [-0.05, 0) is 37.6 Å². The molecular formula is C14H21ClFN3O2. The molecule has 7 heteroatoms. The summed E-state index contributed by atoms with van der Waals surface area (Å²) in [5, 5.41) is 5.40. The number of benzene rings is 1. The quantitative estimate of drug-likeness (QED) is 0.630. The molecule has 21 heavy (non-hydrogen) atoms. The van der Waals surface area contributed by atoms with Crippen LogP contribution in [0.15, 0.2) is 24.3 Å². The summed E-state index contributed by atoms with van der Waals surface area (Å²) >= 11 is 0. The summed E-state index contributed by atoms with van der Waals surface area (Å²) in [5.74, 6) is -0.796. The Morgan fingerprint density at radius 2 is 1.86 bits per heavy atom. The van der Waals surface area contributed by atoms with Gasteiger partial charge in [-0.3, -0.25) is 9.59 Å². The van der Waals surface area contributed by atoms with Gasteiger partial charge in [0.15, 0.2) is 0 Å². The Hall–Kier alpha value is -1.66. The molecule has 1 rings (SSSR count). The standard InChI is InChI=1S/C14H20FN3O2.ClH/c15-12-5-1-4-11(10-12)14(20)18-9-3-8-17-13(19)6-2-7-16;/h1,4-5,10H,2-3,6-9,16H2,(H,17,19)(H,18,20);1H. The van der Waals surface area contributed by atoms with Crippen molar-refractivity contribution >= 4 is 24.2 Å². The lowest BCUT2D eigenvalue weighted by Gasteiger charge is -2.07. The number of carbonyl (C=O) groups excluding carboxylic acids is 2. The van der Waals surface area contributed by atoms with E-state index in [2.05, 4.69) is 10.6 Å². The van der Waals surface area contributed by atoms with Crippen LogP contribution in [0.5, 0.6) is 0 Å². The molecule has 0 saturated carbocycles. The second kappa shape index (κ2) is 11.0. The Morgan fingerprint density at radius 1 is 1.14 bits per heavy atom. The number of hydrogen-bond donors (Lipinski definition) is 3. The Labute approximate surface area is 129 Å². The van der Waals surface area contributed by atoms with E-state index in [0.29, 0.717) is 38.9 Å². The van der Waals surface area contributed by atoms with E-state index in [0.717, 1.165) is 0 Å². The molecule has 4 N–H and O–H groups in total. The molecule has 118 valence electrons. The summed E-state index contributed by atoms with van der Waals surface area (Å²) in [6.45, 7) is 1.41. The Kier molecular flexibility index (Phi) is 10.2. The highest BCUT2D eigenvalue weighted by molar-refractivity contribution is 5.94. The maximum absolute atomic E-state index is 12.9. The van der Waals surface area contributed by atoms with Gasteiger partial charge in [-0.1, -0.05) is 6.07 Å². The van der Waals surface area contributed by atoms with E-state index < -0.39 is 5.82 Å². The third kappa shape index (κ3) is 8.27. The normalized spacial score (nSPS) is 9.62. The number of halogens is 2. The van der Waals surface area contributed by atoms with Crippen molar-refractivity contribution in [2.75, 3.05) is 19.6 Å². The molecule has 0 spiro atoms. The summed E-state index contributed by atoms with van der Waals surface area (Å²) in [6.07, 6.45) is 1.71. The molecule has 1 aromatic carbocycles. The SMILES string of the molecule is Cl.NCCCC(=O)NCCCNC(=O)c1cccc(F)c1. The number of nitrogens with two attached hydrogens (primary N) is 1. The zero-order chi connectivity index (χ0) is 14.8. The van der Waals surface area contributed by atoms with Gasteiger partial charge in [0.25, 0.3) is 5.91 Å². The van der Waals surface area contributed by atoms with E-state index in [-0.39, 0.29) is 29.8 Å². The van der Waals surface area contributed by atoms with Crippen LogP contribution in [0.3, 0.4) is 0 Å². The molecule has 0 fully saturated rings. The maximum Gasteiger partial charge on any atom is 0.251 e. The molecule has 0 aliphatic rings. The van der Waals surface area contributed by atoms with Crippen LogP contribution in [0.25, 0.3) is 0 Å². The van der Waals surface area contributed by atoms with Gasteiger partial charge < -0.3 is 16.4 Å². The number of carbonyl (C=O) groups is 2. The van der Waals surface area contributed by atoms with Crippen LogP contribution < -0.4 is 16.4 Å². The van der Waals surface area contributed by atoms with Crippen molar-refractivity contribution in [3.8, 4) is 0 Å². The highest BCUT2D eigenvalue weighted by Gasteiger charge is 2.05. The minimum atomic E-state index is -0.440. The summed E-state index contributed by atoms with van der Waals surface area (Å²) in [7, 11) is 0. The van der Waals surface area contributed by atoms with E-state index in [9.17, 15) is 14.0 Å². The molecule has 5 nitrogen and oxygen atoms in total. The molecule has 0 heterocycles. The first-order valence-electron chi connectivity index (χ1n) is 6.64. The van der Waals surface area contributed by atoms with Crippen LogP contribution in [0.2, 0.25) is 0 Å². The van der Waals surface area contributed by atoms with Crippen molar-refractivity contribution < 1.29 is 14.0 Å². The first-order valence-corrected chi connectivity index (χ1v) is 6.64. The predicted molar refractivity (Wildman–Crippen MR) is 81.9 cm³/mol. The van der Waals surface area contributed by atoms with Crippen LogP contribution >= 0.6 is 12.4 Å². The molecular weight excluding hydrogens is 297 g/mol. The molecule has 0 aliphatic heterocycles. The van der Waals surface area contributed by atoms with Crippen LogP contribution in [0, 0.1) is 5.82 Å². The highest BCUT2D eigenvalue weighted by atomic mass is 35.5. The third-order valence-electron chi connectivity index (χ3n) is 2.66.